The van der Waals surface area contributed by atoms with E-state index in [-0.39, 0.29) is 12.2 Å². The fourth-order valence-electron chi connectivity index (χ4n) is 1.23. The van der Waals surface area contributed by atoms with Gasteiger partial charge in [-0.3, -0.25) is 4.72 Å². The number of halogens is 3. The molecule has 1 N–H and O–H groups in total. The Kier molecular flexibility index (Phi) is 5.03. The van der Waals surface area contributed by atoms with Gasteiger partial charge in [0.1, 0.15) is 5.00 Å². The van der Waals surface area contributed by atoms with E-state index < -0.39 is 26.5 Å². The standard InChI is InChI=1S/C10H12F3NO4S2/c1-3-6-5-7(9(15)18-4-2)8(19-6)14-20(16,17)10(11,12)13/h5,14H,3-4H2,1-2H3. The van der Waals surface area contributed by atoms with E-state index in [1.807, 2.05) is 0 Å². The van der Waals surface area contributed by atoms with Gasteiger partial charge in [0, 0.05) is 4.88 Å². The maximum Gasteiger partial charge on any atom is 0.516 e. The molecule has 0 bridgehead atoms. The monoisotopic (exact) mass is 331 g/mol. The molecule has 0 aliphatic rings. The van der Waals surface area contributed by atoms with Crippen LogP contribution in [0.15, 0.2) is 6.07 Å². The van der Waals surface area contributed by atoms with Crippen molar-refractivity contribution in [2.24, 2.45) is 0 Å². The third-order valence-corrected chi connectivity index (χ3v) is 4.56. The molecule has 0 aliphatic carbocycles. The van der Waals surface area contributed by atoms with Crippen LogP contribution < -0.4 is 4.72 Å². The van der Waals surface area contributed by atoms with E-state index in [1.165, 1.54) is 17.7 Å². The van der Waals surface area contributed by atoms with Crippen LogP contribution in [0.1, 0.15) is 29.1 Å². The largest absolute Gasteiger partial charge is 0.516 e. The number of nitrogens with one attached hydrogen (secondary N) is 1. The summed E-state index contributed by atoms with van der Waals surface area (Å²) in [5.74, 6) is -0.872. The van der Waals surface area contributed by atoms with E-state index in [0.29, 0.717) is 11.3 Å². The highest BCUT2D eigenvalue weighted by molar-refractivity contribution is 7.93. The van der Waals surface area contributed by atoms with Crippen molar-refractivity contribution in [3.05, 3.63) is 16.5 Å². The van der Waals surface area contributed by atoms with Gasteiger partial charge in [0.05, 0.1) is 12.2 Å². The Morgan fingerprint density at radius 2 is 2.00 bits per heavy atom. The first-order valence-corrected chi connectivity index (χ1v) is 7.81. The van der Waals surface area contributed by atoms with Gasteiger partial charge < -0.3 is 4.74 Å². The number of alkyl halides is 3. The van der Waals surface area contributed by atoms with E-state index in [0.717, 1.165) is 11.3 Å². The zero-order valence-electron chi connectivity index (χ0n) is 10.6. The molecule has 1 rings (SSSR count). The summed E-state index contributed by atoms with van der Waals surface area (Å²) in [5.41, 5.74) is -5.67. The molecular formula is C10H12F3NO4S2. The lowest BCUT2D eigenvalue weighted by molar-refractivity contribution is -0.0429. The van der Waals surface area contributed by atoms with Crippen molar-refractivity contribution in [3.8, 4) is 0 Å². The average molecular weight is 331 g/mol. The Labute approximate surface area is 117 Å². The van der Waals surface area contributed by atoms with E-state index in [4.69, 9.17) is 0 Å². The number of sulfonamides is 1. The molecule has 0 radical (unpaired) electrons. The second kappa shape index (κ2) is 6.00. The lowest BCUT2D eigenvalue weighted by Gasteiger charge is -2.10. The summed E-state index contributed by atoms with van der Waals surface area (Å²) in [6.45, 7) is 3.29. The van der Waals surface area contributed by atoms with Crippen LogP contribution in [0.3, 0.4) is 0 Å². The number of aryl methyl sites for hydroxylation is 1. The molecule has 0 fully saturated rings. The maximum atomic E-state index is 12.3. The van der Waals surface area contributed by atoms with Gasteiger partial charge in [-0.15, -0.1) is 11.3 Å². The highest BCUT2D eigenvalue weighted by Crippen LogP contribution is 2.33. The first-order valence-electron chi connectivity index (χ1n) is 5.51. The van der Waals surface area contributed by atoms with E-state index in [9.17, 15) is 26.4 Å². The van der Waals surface area contributed by atoms with Crippen LogP contribution in [0.4, 0.5) is 18.2 Å². The van der Waals surface area contributed by atoms with Crippen molar-refractivity contribution in [3.63, 3.8) is 0 Å². The van der Waals surface area contributed by atoms with Crippen molar-refractivity contribution < 1.29 is 31.1 Å². The van der Waals surface area contributed by atoms with Crippen LogP contribution >= 0.6 is 11.3 Å². The first-order chi connectivity index (χ1) is 9.12. The molecule has 0 saturated carbocycles. The fraction of sp³-hybridized carbons (Fsp3) is 0.500. The quantitative estimate of drug-likeness (QED) is 0.842. The van der Waals surface area contributed by atoms with Gasteiger partial charge in [-0.2, -0.15) is 21.6 Å². The summed E-state index contributed by atoms with van der Waals surface area (Å²) in [6.07, 6.45) is 0.449. The fourth-order valence-corrected chi connectivity index (χ4v) is 3.03. The van der Waals surface area contributed by atoms with Crippen molar-refractivity contribution in [1.29, 1.82) is 0 Å². The molecule has 0 aliphatic heterocycles. The molecule has 0 saturated heterocycles. The molecular weight excluding hydrogens is 319 g/mol. The van der Waals surface area contributed by atoms with Gasteiger partial charge in [-0.05, 0) is 19.4 Å². The van der Waals surface area contributed by atoms with Crippen LogP contribution in [0.2, 0.25) is 0 Å². The maximum absolute atomic E-state index is 12.3. The Morgan fingerprint density at radius 3 is 2.45 bits per heavy atom. The van der Waals surface area contributed by atoms with Gasteiger partial charge in [-0.25, -0.2) is 4.79 Å². The van der Waals surface area contributed by atoms with Gasteiger partial charge in [-0.1, -0.05) is 6.92 Å². The van der Waals surface area contributed by atoms with E-state index >= 15 is 0 Å². The van der Waals surface area contributed by atoms with Crippen LogP contribution in [0, 0.1) is 0 Å². The predicted octanol–water partition coefficient (Wildman–Crippen LogP) is 2.75. The zero-order chi connectivity index (χ0) is 15.6. The Hall–Kier alpha value is -1.29. The van der Waals surface area contributed by atoms with E-state index in [1.54, 1.807) is 6.92 Å². The Morgan fingerprint density at radius 1 is 1.40 bits per heavy atom. The summed E-state index contributed by atoms with van der Waals surface area (Å²) < 4.78 is 65.2. The van der Waals surface area contributed by atoms with Crippen LogP contribution in [-0.4, -0.2) is 26.5 Å². The third kappa shape index (κ3) is 3.63. The van der Waals surface area contributed by atoms with Crippen LogP contribution in [-0.2, 0) is 21.2 Å². The van der Waals surface area contributed by atoms with Crippen LogP contribution in [0.5, 0.6) is 0 Å². The lowest BCUT2D eigenvalue weighted by Crippen LogP contribution is -2.30. The SMILES string of the molecule is CCOC(=O)c1cc(CC)sc1NS(=O)(=O)C(F)(F)F. The van der Waals surface area contributed by atoms with Crippen molar-refractivity contribution in [2.45, 2.75) is 25.8 Å². The minimum atomic E-state index is -5.56. The number of hydrogen-bond donors (Lipinski definition) is 1. The molecule has 1 heterocycles. The van der Waals surface area contributed by atoms with Crippen molar-refractivity contribution in [1.82, 2.24) is 0 Å². The number of rotatable bonds is 5. The predicted molar refractivity (Wildman–Crippen MR) is 68.3 cm³/mol. The molecule has 0 amide bonds. The average Bonchev–Trinajstić information content (AvgIpc) is 2.70. The highest BCUT2D eigenvalue weighted by atomic mass is 32.2. The second-order valence-corrected chi connectivity index (χ2v) is 6.39. The van der Waals surface area contributed by atoms with Crippen molar-refractivity contribution in [2.75, 3.05) is 11.3 Å². The molecule has 0 aromatic carbocycles. The van der Waals surface area contributed by atoms with Gasteiger partial charge in [0.25, 0.3) is 0 Å². The number of hydrogen-bond acceptors (Lipinski definition) is 5. The topological polar surface area (TPSA) is 72.5 Å². The normalized spacial score (nSPS) is 12.2. The number of anilines is 1. The third-order valence-electron chi connectivity index (χ3n) is 2.16. The number of carbonyl (C=O) groups is 1. The Balaban J connectivity index is 3.18. The molecule has 0 unspecified atom stereocenters. The molecule has 114 valence electrons. The summed E-state index contributed by atoms with van der Waals surface area (Å²) >= 11 is 0.766. The number of ether oxygens (including phenoxy) is 1. The minimum Gasteiger partial charge on any atom is -0.462 e. The number of carbonyl (C=O) groups excluding carboxylic acids is 1. The summed E-state index contributed by atoms with van der Waals surface area (Å²) in [6, 6.07) is 1.32. The van der Waals surface area contributed by atoms with Crippen molar-refractivity contribution >= 4 is 32.3 Å². The van der Waals surface area contributed by atoms with Gasteiger partial charge in [0.15, 0.2) is 0 Å². The van der Waals surface area contributed by atoms with Gasteiger partial charge in [0.2, 0.25) is 0 Å². The Bertz CT molecular complexity index is 592. The second-order valence-electron chi connectivity index (χ2n) is 3.58. The zero-order valence-corrected chi connectivity index (χ0v) is 12.2. The molecule has 0 spiro atoms. The summed E-state index contributed by atoms with van der Waals surface area (Å²) in [7, 11) is -5.56. The first kappa shape index (κ1) is 16.8. The highest BCUT2D eigenvalue weighted by Gasteiger charge is 2.46. The molecule has 0 atom stereocenters. The minimum absolute atomic E-state index is 0.0294. The molecule has 20 heavy (non-hydrogen) atoms. The van der Waals surface area contributed by atoms with E-state index in [2.05, 4.69) is 4.74 Å². The summed E-state index contributed by atoms with van der Waals surface area (Å²) in [5, 5.41) is -0.391. The molecule has 1 aromatic heterocycles. The van der Waals surface area contributed by atoms with Crippen LogP contribution in [0.25, 0.3) is 0 Å². The van der Waals surface area contributed by atoms with Gasteiger partial charge >= 0.3 is 21.5 Å². The summed E-state index contributed by atoms with van der Waals surface area (Å²) in [4.78, 5) is 12.2. The number of esters is 1. The molecule has 1 aromatic rings. The lowest BCUT2D eigenvalue weighted by atomic mass is 10.2. The molecule has 10 heteroatoms. The smallest absolute Gasteiger partial charge is 0.462 e. The number of thiophene rings is 1. The molecule has 5 nitrogen and oxygen atoms in total.